The standard InChI is InChI=1S/C23H32N4O2/c1-3-24-23(26-12-9-21-6-4-5-11-25-21)27-15-20-8-7-18(2)14-22(20)29-17-19-10-13-28-16-19/h4-8,11,14,19H,3,9-10,12-13,15-17H2,1-2H3,(H2,24,26,27). The van der Waals surface area contributed by atoms with Crippen LogP contribution in [0.15, 0.2) is 47.6 Å². The zero-order valence-electron chi connectivity index (χ0n) is 17.5. The minimum Gasteiger partial charge on any atom is -0.493 e. The molecule has 3 rings (SSSR count). The quantitative estimate of drug-likeness (QED) is 0.504. The number of rotatable bonds is 9. The Morgan fingerprint density at radius 2 is 2.21 bits per heavy atom. The number of hydrogen-bond acceptors (Lipinski definition) is 4. The molecule has 156 valence electrons. The van der Waals surface area contributed by atoms with Gasteiger partial charge in [0.1, 0.15) is 5.75 Å². The van der Waals surface area contributed by atoms with Crippen LogP contribution in [0.1, 0.15) is 30.2 Å². The van der Waals surface area contributed by atoms with Gasteiger partial charge < -0.3 is 20.1 Å². The number of hydrogen-bond donors (Lipinski definition) is 2. The minimum absolute atomic E-state index is 0.484. The summed E-state index contributed by atoms with van der Waals surface area (Å²) in [5.74, 6) is 2.21. The van der Waals surface area contributed by atoms with Gasteiger partial charge in [0.15, 0.2) is 5.96 Å². The van der Waals surface area contributed by atoms with Crippen LogP contribution in [0.25, 0.3) is 0 Å². The third-order valence-electron chi connectivity index (χ3n) is 4.87. The summed E-state index contributed by atoms with van der Waals surface area (Å²) < 4.78 is 11.6. The lowest BCUT2D eigenvalue weighted by Crippen LogP contribution is -2.38. The first-order valence-corrected chi connectivity index (χ1v) is 10.5. The van der Waals surface area contributed by atoms with E-state index < -0.39 is 0 Å². The molecule has 0 radical (unpaired) electrons. The minimum atomic E-state index is 0.484. The van der Waals surface area contributed by atoms with Gasteiger partial charge in [-0.2, -0.15) is 0 Å². The van der Waals surface area contributed by atoms with Crippen LogP contribution >= 0.6 is 0 Å². The molecule has 29 heavy (non-hydrogen) atoms. The molecule has 1 atom stereocenters. The summed E-state index contributed by atoms with van der Waals surface area (Å²) in [4.78, 5) is 9.12. The molecule has 1 saturated heterocycles. The molecule has 0 aliphatic carbocycles. The number of aliphatic imine (C=N–C) groups is 1. The lowest BCUT2D eigenvalue weighted by molar-refractivity contribution is 0.166. The molecule has 0 amide bonds. The second-order valence-electron chi connectivity index (χ2n) is 7.34. The van der Waals surface area contributed by atoms with Gasteiger partial charge in [-0.1, -0.05) is 18.2 Å². The zero-order valence-corrected chi connectivity index (χ0v) is 17.5. The Kier molecular flexibility index (Phi) is 8.31. The van der Waals surface area contributed by atoms with Gasteiger partial charge in [-0.15, -0.1) is 0 Å². The normalized spacial score (nSPS) is 16.6. The number of nitrogens with zero attached hydrogens (tertiary/aromatic N) is 2. The van der Waals surface area contributed by atoms with Crippen LogP contribution in [0.2, 0.25) is 0 Å². The van der Waals surface area contributed by atoms with E-state index in [1.807, 2.05) is 24.4 Å². The van der Waals surface area contributed by atoms with Crippen LogP contribution in [-0.2, 0) is 17.7 Å². The molecule has 1 aliphatic rings. The molecule has 1 aliphatic heterocycles. The van der Waals surface area contributed by atoms with Crippen molar-refractivity contribution in [2.24, 2.45) is 10.9 Å². The van der Waals surface area contributed by atoms with E-state index in [1.165, 1.54) is 5.56 Å². The number of ether oxygens (including phenoxy) is 2. The number of aryl methyl sites for hydroxylation is 1. The molecular weight excluding hydrogens is 364 g/mol. The lowest BCUT2D eigenvalue weighted by Gasteiger charge is -2.15. The summed E-state index contributed by atoms with van der Waals surface area (Å²) in [5.41, 5.74) is 3.35. The monoisotopic (exact) mass is 396 g/mol. The third-order valence-corrected chi connectivity index (χ3v) is 4.87. The summed E-state index contributed by atoms with van der Waals surface area (Å²) in [6, 6.07) is 12.3. The second kappa shape index (κ2) is 11.4. The summed E-state index contributed by atoms with van der Waals surface area (Å²) in [6.45, 7) is 8.65. The average molecular weight is 397 g/mol. The van der Waals surface area contributed by atoms with E-state index >= 15 is 0 Å². The summed E-state index contributed by atoms with van der Waals surface area (Å²) in [5, 5.41) is 6.70. The topological polar surface area (TPSA) is 67.8 Å². The van der Waals surface area contributed by atoms with Crippen molar-refractivity contribution in [3.05, 3.63) is 59.4 Å². The van der Waals surface area contributed by atoms with Gasteiger partial charge in [0.2, 0.25) is 0 Å². The van der Waals surface area contributed by atoms with E-state index in [-0.39, 0.29) is 0 Å². The fourth-order valence-electron chi connectivity index (χ4n) is 3.21. The Labute approximate surface area is 173 Å². The Morgan fingerprint density at radius 3 is 2.97 bits per heavy atom. The molecule has 1 aromatic heterocycles. The summed E-state index contributed by atoms with van der Waals surface area (Å²) in [7, 11) is 0. The molecule has 1 fully saturated rings. The van der Waals surface area contributed by atoms with Gasteiger partial charge in [0, 0.05) is 49.5 Å². The van der Waals surface area contributed by atoms with Crippen molar-refractivity contribution < 1.29 is 9.47 Å². The van der Waals surface area contributed by atoms with Gasteiger partial charge in [0.25, 0.3) is 0 Å². The Balaban J connectivity index is 1.58. The average Bonchev–Trinajstić information content (AvgIpc) is 3.26. The first-order chi connectivity index (χ1) is 14.2. The molecule has 6 heteroatoms. The fourth-order valence-corrected chi connectivity index (χ4v) is 3.21. The van der Waals surface area contributed by atoms with Crippen molar-refractivity contribution >= 4 is 5.96 Å². The maximum Gasteiger partial charge on any atom is 0.191 e. The smallest absolute Gasteiger partial charge is 0.191 e. The molecule has 0 saturated carbocycles. The first-order valence-electron chi connectivity index (χ1n) is 10.5. The van der Waals surface area contributed by atoms with Crippen LogP contribution in [0.3, 0.4) is 0 Å². The van der Waals surface area contributed by atoms with Crippen LogP contribution in [-0.4, -0.2) is 43.9 Å². The van der Waals surface area contributed by atoms with Gasteiger partial charge in [0.05, 0.1) is 19.8 Å². The molecular formula is C23H32N4O2. The molecule has 1 unspecified atom stereocenters. The van der Waals surface area contributed by atoms with Crippen LogP contribution < -0.4 is 15.4 Å². The van der Waals surface area contributed by atoms with Crippen molar-refractivity contribution in [1.29, 1.82) is 0 Å². The number of nitrogens with one attached hydrogen (secondary N) is 2. The van der Waals surface area contributed by atoms with E-state index in [0.717, 1.165) is 62.1 Å². The van der Waals surface area contributed by atoms with Crippen molar-refractivity contribution in [3.8, 4) is 5.75 Å². The van der Waals surface area contributed by atoms with Crippen LogP contribution in [0.5, 0.6) is 5.75 Å². The van der Waals surface area contributed by atoms with E-state index in [0.29, 0.717) is 19.1 Å². The van der Waals surface area contributed by atoms with Gasteiger partial charge in [-0.3, -0.25) is 4.98 Å². The largest absolute Gasteiger partial charge is 0.493 e. The maximum atomic E-state index is 6.13. The predicted octanol–water partition coefficient (Wildman–Crippen LogP) is 3.10. The van der Waals surface area contributed by atoms with E-state index in [1.54, 1.807) is 0 Å². The van der Waals surface area contributed by atoms with Crippen LogP contribution in [0.4, 0.5) is 0 Å². The molecule has 2 heterocycles. The van der Waals surface area contributed by atoms with E-state index in [2.05, 4.69) is 47.7 Å². The highest BCUT2D eigenvalue weighted by Gasteiger charge is 2.17. The van der Waals surface area contributed by atoms with E-state index in [9.17, 15) is 0 Å². The second-order valence-corrected chi connectivity index (χ2v) is 7.34. The highest BCUT2D eigenvalue weighted by molar-refractivity contribution is 5.79. The molecule has 2 N–H and O–H groups in total. The Hall–Kier alpha value is -2.60. The van der Waals surface area contributed by atoms with E-state index in [4.69, 9.17) is 14.5 Å². The highest BCUT2D eigenvalue weighted by atomic mass is 16.5. The Bertz CT molecular complexity index is 774. The van der Waals surface area contributed by atoms with Gasteiger partial charge in [-0.25, -0.2) is 4.99 Å². The predicted molar refractivity (Wildman–Crippen MR) is 116 cm³/mol. The molecule has 2 aromatic rings. The number of guanidine groups is 1. The lowest BCUT2D eigenvalue weighted by atomic mass is 10.1. The number of benzene rings is 1. The fraction of sp³-hybridized carbons (Fsp3) is 0.478. The SMILES string of the molecule is CCNC(=NCc1ccc(C)cc1OCC1CCOC1)NCCc1ccccn1. The molecule has 6 nitrogen and oxygen atoms in total. The molecule has 0 spiro atoms. The van der Waals surface area contributed by atoms with Crippen molar-refractivity contribution in [2.45, 2.75) is 33.2 Å². The number of aromatic nitrogens is 1. The third kappa shape index (κ3) is 7.06. The summed E-state index contributed by atoms with van der Waals surface area (Å²) >= 11 is 0. The highest BCUT2D eigenvalue weighted by Crippen LogP contribution is 2.23. The van der Waals surface area contributed by atoms with Crippen molar-refractivity contribution in [1.82, 2.24) is 15.6 Å². The molecule has 0 bridgehead atoms. The first kappa shape index (κ1) is 21.1. The maximum absolute atomic E-state index is 6.13. The van der Waals surface area contributed by atoms with Gasteiger partial charge in [-0.05, 0) is 44.0 Å². The van der Waals surface area contributed by atoms with Crippen molar-refractivity contribution in [2.75, 3.05) is 32.9 Å². The zero-order chi connectivity index (χ0) is 20.3. The van der Waals surface area contributed by atoms with Gasteiger partial charge >= 0.3 is 0 Å². The number of pyridine rings is 1. The molecule has 1 aromatic carbocycles. The Morgan fingerprint density at radius 1 is 1.28 bits per heavy atom. The summed E-state index contributed by atoms with van der Waals surface area (Å²) in [6.07, 6.45) is 3.75. The van der Waals surface area contributed by atoms with Crippen LogP contribution in [0, 0.1) is 12.8 Å². The van der Waals surface area contributed by atoms with Crippen molar-refractivity contribution in [3.63, 3.8) is 0 Å².